The van der Waals surface area contributed by atoms with Gasteiger partial charge in [-0.2, -0.15) is 4.98 Å². The van der Waals surface area contributed by atoms with E-state index in [1.165, 1.54) is 0 Å². The molecule has 0 N–H and O–H groups in total. The molecule has 6 heteroatoms. The van der Waals surface area contributed by atoms with Crippen LogP contribution in [0.3, 0.4) is 0 Å². The lowest BCUT2D eigenvalue weighted by atomic mass is 9.96. The van der Waals surface area contributed by atoms with Gasteiger partial charge in [-0.15, -0.1) is 0 Å². The van der Waals surface area contributed by atoms with Crippen molar-refractivity contribution in [2.24, 2.45) is 5.92 Å². The van der Waals surface area contributed by atoms with Gasteiger partial charge >= 0.3 is 5.97 Å². The van der Waals surface area contributed by atoms with E-state index in [0.717, 1.165) is 0 Å². The highest BCUT2D eigenvalue weighted by molar-refractivity contribution is 5.77. The normalized spacial score (nSPS) is 12.7. The summed E-state index contributed by atoms with van der Waals surface area (Å²) in [4.78, 5) is 16.0. The summed E-state index contributed by atoms with van der Waals surface area (Å²) in [7, 11) is 0. The molecule has 0 saturated heterocycles. The number of hydrogen-bond donors (Lipinski definition) is 0. The summed E-state index contributed by atoms with van der Waals surface area (Å²) in [6.45, 7) is 8.67. The molecule has 0 aliphatic heterocycles. The van der Waals surface area contributed by atoms with E-state index in [2.05, 4.69) is 10.1 Å². The molecule has 0 radical (unpaired) electrons. The van der Waals surface area contributed by atoms with Crippen molar-refractivity contribution in [3.05, 3.63) is 11.7 Å². The van der Waals surface area contributed by atoms with Crippen molar-refractivity contribution in [2.75, 3.05) is 13.2 Å². The van der Waals surface area contributed by atoms with Gasteiger partial charge in [0, 0.05) is 6.61 Å². The van der Waals surface area contributed by atoms with Crippen molar-refractivity contribution in [3.8, 4) is 0 Å². The molecular formula is C12H20N2O4. The minimum atomic E-state index is -0.521. The molecule has 0 aromatic carbocycles. The van der Waals surface area contributed by atoms with E-state index < -0.39 is 5.92 Å². The zero-order valence-electron chi connectivity index (χ0n) is 11.3. The summed E-state index contributed by atoms with van der Waals surface area (Å²) in [5.41, 5.74) is 0. The van der Waals surface area contributed by atoms with E-state index in [0.29, 0.717) is 19.0 Å². The Morgan fingerprint density at radius 2 is 2.06 bits per heavy atom. The molecule has 6 nitrogen and oxygen atoms in total. The first-order valence-electron chi connectivity index (χ1n) is 6.16. The standard InChI is InChI=1S/C12H20N2O4/c1-5-16-7-9-13-11(18-14-9)10(8(3)4)12(15)17-6-2/h8,10H,5-7H2,1-4H3. The first kappa shape index (κ1) is 14.6. The van der Waals surface area contributed by atoms with Crippen LogP contribution in [0.5, 0.6) is 0 Å². The first-order valence-corrected chi connectivity index (χ1v) is 6.16. The molecular weight excluding hydrogens is 236 g/mol. The molecule has 0 bridgehead atoms. The molecule has 0 fully saturated rings. The molecule has 1 aromatic heterocycles. The van der Waals surface area contributed by atoms with Crippen LogP contribution in [0.2, 0.25) is 0 Å². The van der Waals surface area contributed by atoms with Gasteiger partial charge in [0.1, 0.15) is 12.5 Å². The monoisotopic (exact) mass is 256 g/mol. The Morgan fingerprint density at radius 3 is 2.61 bits per heavy atom. The molecule has 18 heavy (non-hydrogen) atoms. The average molecular weight is 256 g/mol. The van der Waals surface area contributed by atoms with Gasteiger partial charge < -0.3 is 14.0 Å². The minimum absolute atomic E-state index is 0.0319. The van der Waals surface area contributed by atoms with Gasteiger partial charge in [0.25, 0.3) is 0 Å². The van der Waals surface area contributed by atoms with Gasteiger partial charge in [0.05, 0.1) is 6.61 Å². The molecule has 0 aliphatic rings. The number of esters is 1. The number of aromatic nitrogens is 2. The van der Waals surface area contributed by atoms with Crippen LogP contribution in [0.25, 0.3) is 0 Å². The van der Waals surface area contributed by atoms with Crippen molar-refractivity contribution in [1.29, 1.82) is 0 Å². The Bertz CT molecular complexity index is 376. The summed E-state index contributed by atoms with van der Waals surface area (Å²) < 4.78 is 15.3. The number of rotatable bonds is 7. The van der Waals surface area contributed by atoms with Gasteiger partial charge in [-0.25, -0.2) is 0 Å². The molecule has 0 amide bonds. The third-order valence-electron chi connectivity index (χ3n) is 2.39. The van der Waals surface area contributed by atoms with Crippen LogP contribution in [-0.4, -0.2) is 29.3 Å². The van der Waals surface area contributed by atoms with Crippen molar-refractivity contribution in [1.82, 2.24) is 10.1 Å². The van der Waals surface area contributed by atoms with Crippen LogP contribution in [0.1, 0.15) is 45.3 Å². The second-order valence-corrected chi connectivity index (χ2v) is 4.16. The highest BCUT2D eigenvalue weighted by Gasteiger charge is 2.31. The predicted molar refractivity (Wildman–Crippen MR) is 63.8 cm³/mol. The lowest BCUT2D eigenvalue weighted by molar-refractivity contribution is -0.146. The zero-order valence-corrected chi connectivity index (χ0v) is 11.3. The Morgan fingerprint density at radius 1 is 1.33 bits per heavy atom. The Kier molecular flexibility index (Phi) is 5.77. The summed E-state index contributed by atoms with van der Waals surface area (Å²) >= 11 is 0. The third kappa shape index (κ3) is 3.80. The number of carbonyl (C=O) groups is 1. The van der Waals surface area contributed by atoms with Crippen molar-refractivity contribution >= 4 is 5.97 Å². The van der Waals surface area contributed by atoms with E-state index in [1.807, 2.05) is 20.8 Å². The van der Waals surface area contributed by atoms with E-state index >= 15 is 0 Å². The van der Waals surface area contributed by atoms with Crippen LogP contribution in [-0.2, 0) is 20.9 Å². The number of carbonyl (C=O) groups excluding carboxylic acids is 1. The number of ether oxygens (including phenoxy) is 2. The minimum Gasteiger partial charge on any atom is -0.465 e. The smallest absolute Gasteiger partial charge is 0.318 e. The SMILES string of the molecule is CCOCc1noc(C(C(=O)OCC)C(C)C)n1. The van der Waals surface area contributed by atoms with E-state index in [4.69, 9.17) is 14.0 Å². The molecule has 1 unspecified atom stereocenters. The van der Waals surface area contributed by atoms with Crippen molar-refractivity contribution < 1.29 is 18.8 Å². The fourth-order valence-corrected chi connectivity index (χ4v) is 1.54. The lowest BCUT2D eigenvalue weighted by Crippen LogP contribution is -2.21. The molecule has 0 aliphatic carbocycles. The van der Waals surface area contributed by atoms with Crippen LogP contribution in [0, 0.1) is 5.92 Å². The Balaban J connectivity index is 2.79. The molecule has 0 saturated carbocycles. The third-order valence-corrected chi connectivity index (χ3v) is 2.39. The van der Waals surface area contributed by atoms with Crippen LogP contribution in [0.4, 0.5) is 0 Å². The van der Waals surface area contributed by atoms with Crippen LogP contribution >= 0.6 is 0 Å². The second-order valence-electron chi connectivity index (χ2n) is 4.16. The molecule has 1 atom stereocenters. The molecule has 1 aromatic rings. The average Bonchev–Trinajstić information content (AvgIpc) is 2.75. The van der Waals surface area contributed by atoms with Gasteiger partial charge in [-0.3, -0.25) is 4.79 Å². The molecule has 102 valence electrons. The molecule has 1 heterocycles. The second kappa shape index (κ2) is 7.10. The fraction of sp³-hybridized carbons (Fsp3) is 0.750. The van der Waals surface area contributed by atoms with E-state index in [-0.39, 0.29) is 24.4 Å². The Hall–Kier alpha value is -1.43. The fourth-order valence-electron chi connectivity index (χ4n) is 1.54. The van der Waals surface area contributed by atoms with Gasteiger partial charge in [0.2, 0.25) is 5.89 Å². The number of hydrogen-bond acceptors (Lipinski definition) is 6. The van der Waals surface area contributed by atoms with E-state index in [9.17, 15) is 4.79 Å². The molecule has 0 spiro atoms. The largest absolute Gasteiger partial charge is 0.465 e. The summed E-state index contributed by atoms with van der Waals surface area (Å²) in [5, 5.41) is 3.78. The maximum Gasteiger partial charge on any atom is 0.318 e. The van der Waals surface area contributed by atoms with Crippen LogP contribution in [0.15, 0.2) is 4.52 Å². The highest BCUT2D eigenvalue weighted by Crippen LogP contribution is 2.24. The summed E-state index contributed by atoms with van der Waals surface area (Å²) in [5.74, 6) is -0.0867. The van der Waals surface area contributed by atoms with Crippen molar-refractivity contribution in [2.45, 2.75) is 40.2 Å². The number of nitrogens with zero attached hydrogens (tertiary/aromatic N) is 2. The topological polar surface area (TPSA) is 74.5 Å². The lowest BCUT2D eigenvalue weighted by Gasteiger charge is -2.14. The highest BCUT2D eigenvalue weighted by atomic mass is 16.5. The maximum atomic E-state index is 11.8. The quantitative estimate of drug-likeness (QED) is 0.694. The van der Waals surface area contributed by atoms with Gasteiger partial charge in [0.15, 0.2) is 5.82 Å². The Labute approximate surface area is 107 Å². The summed E-state index contributed by atoms with van der Waals surface area (Å²) in [6, 6.07) is 0. The molecule has 1 rings (SSSR count). The van der Waals surface area contributed by atoms with Crippen molar-refractivity contribution in [3.63, 3.8) is 0 Å². The maximum absolute atomic E-state index is 11.8. The van der Waals surface area contributed by atoms with E-state index in [1.54, 1.807) is 6.92 Å². The first-order chi connectivity index (χ1) is 8.60. The summed E-state index contributed by atoms with van der Waals surface area (Å²) in [6.07, 6.45) is 0. The zero-order chi connectivity index (χ0) is 13.5. The van der Waals surface area contributed by atoms with Gasteiger partial charge in [-0.1, -0.05) is 19.0 Å². The van der Waals surface area contributed by atoms with Crippen LogP contribution < -0.4 is 0 Å². The predicted octanol–water partition coefficient (Wildman–Crippen LogP) is 1.91. The van der Waals surface area contributed by atoms with Gasteiger partial charge in [-0.05, 0) is 19.8 Å².